The van der Waals surface area contributed by atoms with E-state index in [0.29, 0.717) is 15.6 Å². The first-order valence-corrected chi connectivity index (χ1v) is 7.08. The summed E-state index contributed by atoms with van der Waals surface area (Å²) in [6, 6.07) is 11.5. The number of rotatable bonds is 4. The van der Waals surface area contributed by atoms with Gasteiger partial charge in [0, 0.05) is 4.47 Å². The van der Waals surface area contributed by atoms with E-state index in [4.69, 9.17) is 11.6 Å². The van der Waals surface area contributed by atoms with Gasteiger partial charge in [-0.2, -0.15) is 0 Å². The summed E-state index contributed by atoms with van der Waals surface area (Å²) in [7, 11) is 0. The van der Waals surface area contributed by atoms with Crippen LogP contribution in [0.1, 0.15) is 17.0 Å². The fourth-order valence-electron chi connectivity index (χ4n) is 2.01. The standard InChI is InChI=1S/C15H11BrClFO2/c16-12-6-2-1-5-10(12)11(15(19)20)8-9-4-3-7-13(18)14(9)17/h1-7,11H,8H2,(H,19,20). The number of carboxylic acids is 1. The minimum atomic E-state index is -0.975. The molecule has 0 aliphatic heterocycles. The molecule has 0 aliphatic rings. The van der Waals surface area contributed by atoms with Crippen LogP contribution >= 0.6 is 27.5 Å². The van der Waals surface area contributed by atoms with Crippen LogP contribution in [-0.2, 0) is 11.2 Å². The quantitative estimate of drug-likeness (QED) is 0.864. The van der Waals surface area contributed by atoms with Gasteiger partial charge in [0.1, 0.15) is 5.82 Å². The predicted molar refractivity (Wildman–Crippen MR) is 79.6 cm³/mol. The van der Waals surface area contributed by atoms with Gasteiger partial charge >= 0.3 is 5.97 Å². The zero-order valence-corrected chi connectivity index (χ0v) is 12.7. The number of carboxylic acid groups (broad SMARTS) is 1. The van der Waals surface area contributed by atoms with Crippen LogP contribution in [0, 0.1) is 5.82 Å². The maximum atomic E-state index is 13.4. The molecular weight excluding hydrogens is 347 g/mol. The lowest BCUT2D eigenvalue weighted by Gasteiger charge is -2.15. The molecule has 0 saturated carbocycles. The Kier molecular flexibility index (Phi) is 4.78. The molecular formula is C15H11BrClFO2. The van der Waals surface area contributed by atoms with Crippen LogP contribution in [-0.4, -0.2) is 11.1 Å². The van der Waals surface area contributed by atoms with Crippen molar-refractivity contribution in [3.63, 3.8) is 0 Å². The molecule has 1 atom stereocenters. The summed E-state index contributed by atoms with van der Waals surface area (Å²) >= 11 is 9.23. The molecule has 5 heteroatoms. The smallest absolute Gasteiger partial charge is 0.311 e. The molecule has 0 saturated heterocycles. The summed E-state index contributed by atoms with van der Waals surface area (Å²) in [4.78, 5) is 11.5. The maximum absolute atomic E-state index is 13.4. The monoisotopic (exact) mass is 356 g/mol. The third-order valence-corrected chi connectivity index (χ3v) is 4.18. The zero-order valence-electron chi connectivity index (χ0n) is 10.3. The Labute approximate surface area is 129 Å². The van der Waals surface area contributed by atoms with Gasteiger partial charge in [0.2, 0.25) is 0 Å². The molecule has 0 amide bonds. The van der Waals surface area contributed by atoms with Gasteiger partial charge in [-0.1, -0.05) is 57.9 Å². The Hall–Kier alpha value is -1.39. The molecule has 0 fully saturated rings. The van der Waals surface area contributed by atoms with Crippen molar-refractivity contribution in [3.8, 4) is 0 Å². The number of aliphatic carboxylic acids is 1. The molecule has 0 heterocycles. The van der Waals surface area contributed by atoms with E-state index in [9.17, 15) is 14.3 Å². The van der Waals surface area contributed by atoms with Gasteiger partial charge in [0.25, 0.3) is 0 Å². The van der Waals surface area contributed by atoms with Crippen molar-refractivity contribution in [1.82, 2.24) is 0 Å². The first-order valence-electron chi connectivity index (χ1n) is 5.91. The van der Waals surface area contributed by atoms with E-state index in [1.807, 2.05) is 6.07 Å². The number of benzene rings is 2. The summed E-state index contributed by atoms with van der Waals surface area (Å²) in [6.07, 6.45) is 0.133. The summed E-state index contributed by atoms with van der Waals surface area (Å²) in [6.45, 7) is 0. The highest BCUT2D eigenvalue weighted by atomic mass is 79.9. The Morgan fingerprint density at radius 3 is 2.60 bits per heavy atom. The number of hydrogen-bond acceptors (Lipinski definition) is 1. The van der Waals surface area contributed by atoms with Gasteiger partial charge < -0.3 is 5.11 Å². The highest BCUT2D eigenvalue weighted by Gasteiger charge is 2.23. The fraction of sp³-hybridized carbons (Fsp3) is 0.133. The van der Waals surface area contributed by atoms with Crippen LogP contribution < -0.4 is 0 Å². The van der Waals surface area contributed by atoms with E-state index in [1.165, 1.54) is 12.1 Å². The van der Waals surface area contributed by atoms with Crippen molar-refractivity contribution < 1.29 is 14.3 Å². The molecule has 0 aliphatic carbocycles. The summed E-state index contributed by atoms with van der Waals surface area (Å²) in [5, 5.41) is 9.39. The van der Waals surface area contributed by atoms with Crippen molar-refractivity contribution in [1.29, 1.82) is 0 Å². The molecule has 1 unspecified atom stereocenters. The van der Waals surface area contributed by atoms with Gasteiger partial charge in [-0.15, -0.1) is 0 Å². The zero-order chi connectivity index (χ0) is 14.7. The van der Waals surface area contributed by atoms with Crippen molar-refractivity contribution >= 4 is 33.5 Å². The minimum Gasteiger partial charge on any atom is -0.481 e. The SMILES string of the molecule is O=C(O)C(Cc1cccc(F)c1Cl)c1ccccc1Br. The third-order valence-electron chi connectivity index (χ3n) is 3.03. The summed E-state index contributed by atoms with van der Waals surface area (Å²) < 4.78 is 14.1. The highest BCUT2D eigenvalue weighted by Crippen LogP contribution is 2.31. The molecule has 0 radical (unpaired) electrons. The van der Waals surface area contributed by atoms with Gasteiger partial charge in [-0.05, 0) is 29.7 Å². The lowest BCUT2D eigenvalue weighted by Crippen LogP contribution is -2.15. The molecule has 0 aromatic heterocycles. The highest BCUT2D eigenvalue weighted by molar-refractivity contribution is 9.10. The Balaban J connectivity index is 2.39. The topological polar surface area (TPSA) is 37.3 Å². The Morgan fingerprint density at radius 2 is 1.95 bits per heavy atom. The second kappa shape index (κ2) is 6.37. The fourth-order valence-corrected chi connectivity index (χ4v) is 2.78. The maximum Gasteiger partial charge on any atom is 0.311 e. The normalized spacial score (nSPS) is 12.2. The van der Waals surface area contributed by atoms with Crippen molar-refractivity contribution in [3.05, 3.63) is 68.9 Å². The summed E-state index contributed by atoms with van der Waals surface area (Å²) in [5.41, 5.74) is 1.12. The number of carbonyl (C=O) groups is 1. The van der Waals surface area contributed by atoms with E-state index < -0.39 is 17.7 Å². The second-order valence-corrected chi connectivity index (χ2v) is 5.56. The van der Waals surface area contributed by atoms with Crippen molar-refractivity contribution in [2.45, 2.75) is 12.3 Å². The van der Waals surface area contributed by atoms with Gasteiger partial charge in [-0.25, -0.2) is 4.39 Å². The van der Waals surface area contributed by atoms with Crippen LogP contribution in [0.15, 0.2) is 46.9 Å². The Morgan fingerprint density at radius 1 is 1.25 bits per heavy atom. The van der Waals surface area contributed by atoms with E-state index in [-0.39, 0.29) is 11.4 Å². The second-order valence-electron chi connectivity index (χ2n) is 4.33. The molecule has 2 nitrogen and oxygen atoms in total. The van der Waals surface area contributed by atoms with Crippen LogP contribution in [0.4, 0.5) is 4.39 Å². The number of halogens is 3. The first-order chi connectivity index (χ1) is 9.50. The van der Waals surface area contributed by atoms with Crippen LogP contribution in [0.3, 0.4) is 0 Å². The van der Waals surface area contributed by atoms with E-state index in [1.54, 1.807) is 24.3 Å². The van der Waals surface area contributed by atoms with Crippen LogP contribution in [0.25, 0.3) is 0 Å². The molecule has 0 spiro atoms. The minimum absolute atomic E-state index is 0.0224. The molecule has 0 bridgehead atoms. The van der Waals surface area contributed by atoms with Gasteiger partial charge in [0.05, 0.1) is 10.9 Å². The molecule has 104 valence electrons. The molecule has 2 aromatic carbocycles. The first kappa shape index (κ1) is 15.0. The van der Waals surface area contributed by atoms with E-state index in [2.05, 4.69) is 15.9 Å². The largest absolute Gasteiger partial charge is 0.481 e. The number of hydrogen-bond donors (Lipinski definition) is 1. The summed E-state index contributed by atoms with van der Waals surface area (Å²) in [5.74, 6) is -2.30. The average Bonchev–Trinajstić information content (AvgIpc) is 2.41. The van der Waals surface area contributed by atoms with E-state index >= 15 is 0 Å². The lowest BCUT2D eigenvalue weighted by atomic mass is 9.92. The molecule has 2 rings (SSSR count). The van der Waals surface area contributed by atoms with Gasteiger partial charge in [-0.3, -0.25) is 4.79 Å². The van der Waals surface area contributed by atoms with Crippen molar-refractivity contribution in [2.75, 3.05) is 0 Å². The average molecular weight is 358 g/mol. The van der Waals surface area contributed by atoms with E-state index in [0.717, 1.165) is 0 Å². The molecule has 2 aromatic rings. The molecule has 1 N–H and O–H groups in total. The van der Waals surface area contributed by atoms with Crippen LogP contribution in [0.2, 0.25) is 5.02 Å². The Bertz CT molecular complexity index is 646. The third kappa shape index (κ3) is 3.19. The van der Waals surface area contributed by atoms with Crippen molar-refractivity contribution in [2.24, 2.45) is 0 Å². The van der Waals surface area contributed by atoms with Gasteiger partial charge in [0.15, 0.2) is 0 Å². The van der Waals surface area contributed by atoms with Crippen LogP contribution in [0.5, 0.6) is 0 Å². The lowest BCUT2D eigenvalue weighted by molar-refractivity contribution is -0.138. The molecule has 20 heavy (non-hydrogen) atoms. The predicted octanol–water partition coefficient (Wildman–Crippen LogP) is 4.65.